The van der Waals surface area contributed by atoms with Gasteiger partial charge in [0.1, 0.15) is 5.75 Å². The molecule has 0 aliphatic carbocycles. The highest BCUT2D eigenvalue weighted by atomic mass is 35.5. The summed E-state index contributed by atoms with van der Waals surface area (Å²) >= 11 is 6.01. The van der Waals surface area contributed by atoms with Crippen molar-refractivity contribution in [2.24, 2.45) is 0 Å². The molecule has 0 saturated heterocycles. The van der Waals surface area contributed by atoms with Crippen molar-refractivity contribution in [2.75, 3.05) is 19.7 Å². The van der Waals surface area contributed by atoms with Crippen LogP contribution in [0.2, 0.25) is 5.02 Å². The predicted octanol–water partition coefficient (Wildman–Crippen LogP) is 2.68. The molecular formula is C13H13ClN2O3. The molecule has 0 unspecified atom stereocenters. The van der Waals surface area contributed by atoms with Crippen molar-refractivity contribution < 1.29 is 9.57 Å². The molecule has 6 heteroatoms. The van der Waals surface area contributed by atoms with Crippen LogP contribution in [0.3, 0.4) is 0 Å². The van der Waals surface area contributed by atoms with Gasteiger partial charge in [0.2, 0.25) is 5.56 Å². The maximum absolute atomic E-state index is 11.5. The van der Waals surface area contributed by atoms with Crippen molar-refractivity contribution in [3.05, 3.63) is 45.8 Å². The van der Waals surface area contributed by atoms with E-state index >= 15 is 0 Å². The van der Waals surface area contributed by atoms with Crippen molar-refractivity contribution in [2.45, 2.75) is 0 Å². The Morgan fingerprint density at radius 2 is 2.00 bits per heavy atom. The topological polar surface area (TPSA) is 63.3 Å². The van der Waals surface area contributed by atoms with Crippen molar-refractivity contribution in [3.8, 4) is 16.9 Å². The number of ether oxygens (including phenoxy) is 1. The van der Waals surface area contributed by atoms with E-state index in [0.717, 1.165) is 5.56 Å². The number of rotatable bonds is 4. The third-order valence-electron chi connectivity index (χ3n) is 2.59. The summed E-state index contributed by atoms with van der Waals surface area (Å²) in [6.45, 7) is 0. The molecule has 2 rings (SSSR count). The summed E-state index contributed by atoms with van der Waals surface area (Å²) in [6, 6.07) is 6.68. The van der Waals surface area contributed by atoms with Gasteiger partial charge < -0.3 is 9.72 Å². The van der Waals surface area contributed by atoms with Crippen molar-refractivity contribution in [1.82, 2.24) is 4.98 Å². The fraction of sp³-hybridized carbons (Fsp3) is 0.154. The number of H-pyrrole nitrogens is 1. The van der Waals surface area contributed by atoms with Crippen LogP contribution in [-0.4, -0.2) is 19.2 Å². The van der Waals surface area contributed by atoms with E-state index in [4.69, 9.17) is 21.2 Å². The Labute approximate surface area is 115 Å². The zero-order chi connectivity index (χ0) is 13.8. The van der Waals surface area contributed by atoms with E-state index in [0.29, 0.717) is 22.0 Å². The first-order chi connectivity index (χ1) is 9.15. The summed E-state index contributed by atoms with van der Waals surface area (Å²) in [5.41, 5.74) is 4.57. The van der Waals surface area contributed by atoms with E-state index in [2.05, 4.69) is 10.5 Å². The molecule has 0 spiro atoms. The molecular weight excluding hydrogens is 268 g/mol. The second-order valence-electron chi connectivity index (χ2n) is 3.78. The minimum Gasteiger partial charge on any atom is -0.495 e. The summed E-state index contributed by atoms with van der Waals surface area (Å²) < 4.78 is 5.25. The number of hydrogen-bond donors (Lipinski definition) is 2. The Kier molecular flexibility index (Phi) is 4.09. The molecule has 2 aromatic rings. The van der Waals surface area contributed by atoms with Gasteiger partial charge in [-0.25, -0.2) is 0 Å². The average molecular weight is 281 g/mol. The van der Waals surface area contributed by atoms with Gasteiger partial charge in [0.25, 0.3) is 0 Å². The second-order valence-corrected chi connectivity index (χ2v) is 4.21. The first kappa shape index (κ1) is 13.5. The largest absolute Gasteiger partial charge is 0.495 e. The van der Waals surface area contributed by atoms with E-state index in [1.54, 1.807) is 18.2 Å². The molecule has 0 aliphatic rings. The van der Waals surface area contributed by atoms with Gasteiger partial charge >= 0.3 is 0 Å². The number of anilines is 1. The number of aromatic nitrogens is 1. The highest BCUT2D eigenvalue weighted by molar-refractivity contribution is 6.31. The Balaban J connectivity index is 2.66. The zero-order valence-electron chi connectivity index (χ0n) is 10.5. The number of halogens is 1. The molecule has 1 heterocycles. The minimum atomic E-state index is -0.223. The van der Waals surface area contributed by atoms with Crippen molar-refractivity contribution in [3.63, 3.8) is 0 Å². The SMILES string of the molecule is CONc1ccc(Cl)cc1-c1cc(=O)[nH]cc1OC. The van der Waals surface area contributed by atoms with Gasteiger partial charge in [-0.15, -0.1) is 0 Å². The fourth-order valence-electron chi connectivity index (χ4n) is 1.78. The highest BCUT2D eigenvalue weighted by Gasteiger charge is 2.12. The average Bonchev–Trinajstić information content (AvgIpc) is 2.41. The van der Waals surface area contributed by atoms with Crippen LogP contribution in [0.15, 0.2) is 35.3 Å². The summed E-state index contributed by atoms with van der Waals surface area (Å²) in [7, 11) is 3.04. The number of hydrogen-bond acceptors (Lipinski definition) is 4. The third kappa shape index (κ3) is 2.89. The molecule has 1 aromatic heterocycles. The lowest BCUT2D eigenvalue weighted by molar-refractivity contribution is 0.271. The summed E-state index contributed by atoms with van der Waals surface area (Å²) in [4.78, 5) is 19.0. The molecule has 1 aromatic carbocycles. The summed E-state index contributed by atoms with van der Waals surface area (Å²) in [5, 5.41) is 0.555. The summed E-state index contributed by atoms with van der Waals surface area (Å²) in [5.74, 6) is 0.543. The van der Waals surface area contributed by atoms with Gasteiger partial charge in [0, 0.05) is 28.4 Å². The van der Waals surface area contributed by atoms with Crippen LogP contribution in [0.1, 0.15) is 0 Å². The number of nitrogens with one attached hydrogen (secondary N) is 2. The maximum Gasteiger partial charge on any atom is 0.248 e. The Morgan fingerprint density at radius 3 is 2.68 bits per heavy atom. The van der Waals surface area contributed by atoms with Crippen LogP contribution in [0.4, 0.5) is 5.69 Å². The van der Waals surface area contributed by atoms with Gasteiger partial charge in [0.15, 0.2) is 0 Å². The van der Waals surface area contributed by atoms with Crippen LogP contribution < -0.4 is 15.8 Å². The van der Waals surface area contributed by atoms with Crippen LogP contribution in [0.25, 0.3) is 11.1 Å². The lowest BCUT2D eigenvalue weighted by atomic mass is 10.0. The lowest BCUT2D eigenvalue weighted by Gasteiger charge is -2.13. The van der Waals surface area contributed by atoms with Crippen molar-refractivity contribution >= 4 is 17.3 Å². The Bertz CT molecular complexity index is 640. The molecule has 0 aliphatic heterocycles. The van der Waals surface area contributed by atoms with E-state index in [-0.39, 0.29) is 5.56 Å². The van der Waals surface area contributed by atoms with Gasteiger partial charge in [0.05, 0.1) is 19.9 Å². The normalized spacial score (nSPS) is 10.3. The standard InChI is InChI=1S/C13H13ClN2O3/c1-18-12-7-15-13(17)6-10(12)9-5-8(14)3-4-11(9)16-19-2/h3-7,16H,1-2H3,(H,15,17). The van der Waals surface area contributed by atoms with Gasteiger partial charge in [-0.2, -0.15) is 0 Å². The number of pyridine rings is 1. The molecule has 100 valence electrons. The molecule has 0 bridgehead atoms. The third-order valence-corrected chi connectivity index (χ3v) is 2.83. The molecule has 2 N–H and O–H groups in total. The molecule has 0 radical (unpaired) electrons. The van der Waals surface area contributed by atoms with E-state index < -0.39 is 0 Å². The second kappa shape index (κ2) is 5.77. The fourth-order valence-corrected chi connectivity index (χ4v) is 1.95. The molecule has 19 heavy (non-hydrogen) atoms. The zero-order valence-corrected chi connectivity index (χ0v) is 11.2. The first-order valence-corrected chi connectivity index (χ1v) is 5.89. The van der Waals surface area contributed by atoms with Crippen LogP contribution in [0.5, 0.6) is 5.75 Å². The quantitative estimate of drug-likeness (QED) is 0.845. The van der Waals surface area contributed by atoms with Crippen LogP contribution in [-0.2, 0) is 4.84 Å². The smallest absolute Gasteiger partial charge is 0.248 e. The Hall–Kier alpha value is -1.98. The first-order valence-electron chi connectivity index (χ1n) is 5.51. The predicted molar refractivity (Wildman–Crippen MR) is 74.7 cm³/mol. The molecule has 0 fully saturated rings. The van der Waals surface area contributed by atoms with Gasteiger partial charge in [-0.1, -0.05) is 11.6 Å². The molecule has 0 amide bonds. The van der Waals surface area contributed by atoms with E-state index in [1.165, 1.54) is 26.5 Å². The highest BCUT2D eigenvalue weighted by Crippen LogP contribution is 2.35. The van der Waals surface area contributed by atoms with E-state index in [9.17, 15) is 4.79 Å². The monoisotopic (exact) mass is 280 g/mol. The number of methoxy groups -OCH3 is 1. The lowest BCUT2D eigenvalue weighted by Crippen LogP contribution is -2.06. The summed E-state index contributed by atoms with van der Waals surface area (Å²) in [6.07, 6.45) is 1.51. The molecule has 0 atom stereocenters. The maximum atomic E-state index is 11.5. The number of aromatic amines is 1. The van der Waals surface area contributed by atoms with Gasteiger partial charge in [-0.05, 0) is 18.2 Å². The van der Waals surface area contributed by atoms with Crippen LogP contribution in [0, 0.1) is 0 Å². The molecule has 0 saturated carbocycles. The molecule has 5 nitrogen and oxygen atoms in total. The van der Waals surface area contributed by atoms with Gasteiger partial charge in [-0.3, -0.25) is 15.1 Å². The number of benzene rings is 1. The van der Waals surface area contributed by atoms with Crippen molar-refractivity contribution in [1.29, 1.82) is 0 Å². The van der Waals surface area contributed by atoms with Crippen LogP contribution >= 0.6 is 11.6 Å². The van der Waals surface area contributed by atoms with E-state index in [1.807, 2.05) is 0 Å². The Morgan fingerprint density at radius 1 is 1.21 bits per heavy atom. The minimum absolute atomic E-state index is 0.223.